The molecule has 0 spiro atoms. The van der Waals surface area contributed by atoms with Gasteiger partial charge in [-0.2, -0.15) is 0 Å². The van der Waals surface area contributed by atoms with Crippen molar-refractivity contribution in [1.82, 2.24) is 15.0 Å². The molecule has 3 aromatic rings. The van der Waals surface area contributed by atoms with Gasteiger partial charge in [0.2, 0.25) is 15.9 Å². The molecule has 1 amide bonds. The third-order valence-corrected chi connectivity index (χ3v) is 8.31. The molecule has 2 heterocycles. The smallest absolute Gasteiger partial charge is 0.237 e. The second kappa shape index (κ2) is 8.42. The van der Waals surface area contributed by atoms with Crippen LogP contribution >= 0.6 is 22.9 Å². The molecule has 4 rings (SSSR count). The minimum Gasteiger partial charge on any atom is -0.325 e. The number of thiazole rings is 1. The Labute approximate surface area is 195 Å². The number of rotatable bonds is 7. The molecule has 1 saturated carbocycles. The Morgan fingerprint density at radius 3 is 2.50 bits per heavy atom. The Morgan fingerprint density at radius 2 is 1.88 bits per heavy atom. The molecule has 0 atom stereocenters. The maximum Gasteiger partial charge on any atom is 0.237 e. The molecule has 2 N–H and O–H groups in total. The molecular formula is C21H22ClN5O3S2. The molecule has 0 unspecified atom stereocenters. The largest absolute Gasteiger partial charge is 0.325 e. The number of carbonyl (C=O) groups excluding carboxylic acids is 1. The molecule has 1 aliphatic carbocycles. The lowest BCUT2D eigenvalue weighted by Crippen LogP contribution is -2.35. The zero-order valence-electron chi connectivity index (χ0n) is 17.7. The Hall–Kier alpha value is -2.56. The molecular weight excluding hydrogens is 470 g/mol. The Morgan fingerprint density at radius 1 is 1.19 bits per heavy atom. The lowest BCUT2D eigenvalue weighted by molar-refractivity contribution is -0.120. The second-order valence-corrected chi connectivity index (χ2v) is 11.3. The highest BCUT2D eigenvalue weighted by Crippen LogP contribution is 2.33. The monoisotopic (exact) mass is 491 g/mol. The summed E-state index contributed by atoms with van der Waals surface area (Å²) in [5.74, 6) is -0.259. The SMILES string of the molecule is Cc1ncc(-c2ccc(NC(=O)C(C)(C)c3csc(NS(=O)(=O)C4CC4)n3)cc2)nc1Cl. The van der Waals surface area contributed by atoms with Gasteiger partial charge in [-0.05, 0) is 45.7 Å². The van der Waals surface area contributed by atoms with Crippen molar-refractivity contribution < 1.29 is 13.2 Å². The van der Waals surface area contributed by atoms with E-state index in [4.69, 9.17) is 11.6 Å². The van der Waals surface area contributed by atoms with Crippen LogP contribution in [-0.4, -0.2) is 34.5 Å². The molecule has 168 valence electrons. The quantitative estimate of drug-likeness (QED) is 0.506. The van der Waals surface area contributed by atoms with E-state index in [-0.39, 0.29) is 16.3 Å². The molecule has 11 heteroatoms. The number of carbonyl (C=O) groups is 1. The van der Waals surface area contributed by atoms with Gasteiger partial charge in [0.1, 0.15) is 0 Å². The fraction of sp³-hybridized carbons (Fsp3) is 0.333. The molecule has 0 radical (unpaired) electrons. The van der Waals surface area contributed by atoms with Gasteiger partial charge in [-0.1, -0.05) is 23.7 Å². The second-order valence-electron chi connectivity index (χ2n) is 8.17. The first-order valence-electron chi connectivity index (χ1n) is 9.95. The number of anilines is 2. The number of hydrogen-bond acceptors (Lipinski definition) is 7. The van der Waals surface area contributed by atoms with Crippen molar-refractivity contribution in [1.29, 1.82) is 0 Å². The molecule has 0 bridgehead atoms. The van der Waals surface area contributed by atoms with E-state index >= 15 is 0 Å². The molecule has 32 heavy (non-hydrogen) atoms. The molecule has 1 fully saturated rings. The first kappa shape index (κ1) is 22.6. The van der Waals surface area contributed by atoms with Crippen molar-refractivity contribution >= 4 is 49.7 Å². The molecule has 2 aromatic heterocycles. The third-order valence-electron chi connectivity index (χ3n) is 5.24. The first-order chi connectivity index (χ1) is 15.1. The van der Waals surface area contributed by atoms with Gasteiger partial charge in [0, 0.05) is 16.6 Å². The summed E-state index contributed by atoms with van der Waals surface area (Å²) in [7, 11) is -3.39. The average Bonchev–Trinajstić information content (AvgIpc) is 3.51. The number of sulfonamides is 1. The van der Waals surface area contributed by atoms with Crippen LogP contribution in [0.1, 0.15) is 38.1 Å². The van der Waals surface area contributed by atoms with Gasteiger partial charge < -0.3 is 5.32 Å². The highest BCUT2D eigenvalue weighted by molar-refractivity contribution is 7.93. The van der Waals surface area contributed by atoms with E-state index in [9.17, 15) is 13.2 Å². The molecule has 0 saturated heterocycles. The minimum absolute atomic E-state index is 0.259. The van der Waals surface area contributed by atoms with E-state index < -0.39 is 15.4 Å². The zero-order valence-corrected chi connectivity index (χ0v) is 20.1. The van der Waals surface area contributed by atoms with Crippen LogP contribution in [0.25, 0.3) is 11.3 Å². The van der Waals surface area contributed by atoms with E-state index in [0.717, 1.165) is 5.56 Å². The Kier molecular flexibility index (Phi) is 5.95. The number of aromatic nitrogens is 3. The summed E-state index contributed by atoms with van der Waals surface area (Å²) in [4.78, 5) is 25.8. The summed E-state index contributed by atoms with van der Waals surface area (Å²) in [5.41, 5.74) is 2.27. The number of hydrogen-bond donors (Lipinski definition) is 2. The van der Waals surface area contributed by atoms with Crippen LogP contribution in [-0.2, 0) is 20.2 Å². The van der Waals surface area contributed by atoms with Crippen molar-refractivity contribution in [3.63, 3.8) is 0 Å². The molecule has 0 aliphatic heterocycles. The van der Waals surface area contributed by atoms with Gasteiger partial charge in [0.15, 0.2) is 10.3 Å². The lowest BCUT2D eigenvalue weighted by atomic mass is 9.89. The Bertz CT molecular complexity index is 1270. The number of halogens is 1. The summed E-state index contributed by atoms with van der Waals surface area (Å²) >= 11 is 7.22. The number of amides is 1. The van der Waals surface area contributed by atoms with Crippen LogP contribution in [0.5, 0.6) is 0 Å². The number of nitrogens with zero attached hydrogens (tertiary/aromatic N) is 3. The summed E-state index contributed by atoms with van der Waals surface area (Å²) in [5, 5.41) is 4.88. The molecule has 8 nitrogen and oxygen atoms in total. The zero-order chi connectivity index (χ0) is 23.1. The maximum absolute atomic E-state index is 13.0. The van der Waals surface area contributed by atoms with Crippen LogP contribution in [0.2, 0.25) is 5.15 Å². The van der Waals surface area contributed by atoms with Crippen molar-refractivity contribution in [3.05, 3.63) is 52.4 Å². The van der Waals surface area contributed by atoms with Crippen LogP contribution < -0.4 is 10.0 Å². The van der Waals surface area contributed by atoms with Gasteiger partial charge in [-0.3, -0.25) is 14.5 Å². The van der Waals surface area contributed by atoms with Gasteiger partial charge in [0.25, 0.3) is 0 Å². The van der Waals surface area contributed by atoms with Crippen LogP contribution in [0.3, 0.4) is 0 Å². The highest BCUT2D eigenvalue weighted by Gasteiger charge is 2.37. The number of benzene rings is 1. The fourth-order valence-electron chi connectivity index (χ4n) is 2.88. The van der Waals surface area contributed by atoms with Crippen molar-refractivity contribution in [3.8, 4) is 11.3 Å². The van der Waals surface area contributed by atoms with Crippen LogP contribution in [0.4, 0.5) is 10.8 Å². The lowest BCUT2D eigenvalue weighted by Gasteiger charge is -2.21. The molecule has 1 aromatic carbocycles. The average molecular weight is 492 g/mol. The van der Waals surface area contributed by atoms with E-state index in [0.29, 0.717) is 40.8 Å². The van der Waals surface area contributed by atoms with Gasteiger partial charge in [-0.25, -0.2) is 18.4 Å². The summed E-state index contributed by atoms with van der Waals surface area (Å²) in [6.45, 7) is 5.27. The fourth-order valence-corrected chi connectivity index (χ4v) is 5.50. The summed E-state index contributed by atoms with van der Waals surface area (Å²) in [6, 6.07) is 7.20. The number of aryl methyl sites for hydroxylation is 1. The topological polar surface area (TPSA) is 114 Å². The van der Waals surface area contributed by atoms with Gasteiger partial charge >= 0.3 is 0 Å². The van der Waals surface area contributed by atoms with E-state index in [1.54, 1.807) is 44.5 Å². The maximum atomic E-state index is 13.0. The van der Waals surface area contributed by atoms with Crippen molar-refractivity contribution in [2.24, 2.45) is 0 Å². The molecule has 1 aliphatic rings. The predicted molar refractivity (Wildman–Crippen MR) is 127 cm³/mol. The standard InChI is InChI=1S/C21H22ClN5O3S2/c1-12-18(22)25-16(10-23-12)13-4-6-14(7-5-13)24-19(28)21(2,3)17-11-31-20(26-17)27-32(29,30)15-8-9-15/h4-7,10-11,15H,8-9H2,1-3H3,(H,24,28)(H,26,27). The summed E-state index contributed by atoms with van der Waals surface area (Å²) in [6.07, 6.45) is 2.99. The first-order valence-corrected chi connectivity index (χ1v) is 12.8. The van der Waals surface area contributed by atoms with Gasteiger partial charge in [-0.15, -0.1) is 11.3 Å². The Balaban J connectivity index is 1.45. The highest BCUT2D eigenvalue weighted by atomic mass is 35.5. The normalized spacial score (nSPS) is 14.2. The third kappa shape index (κ3) is 4.77. The number of nitrogens with one attached hydrogen (secondary N) is 2. The van der Waals surface area contributed by atoms with Crippen molar-refractivity contribution in [2.45, 2.75) is 44.3 Å². The summed E-state index contributed by atoms with van der Waals surface area (Å²) < 4.78 is 26.8. The van der Waals surface area contributed by atoms with Crippen molar-refractivity contribution in [2.75, 3.05) is 10.0 Å². The van der Waals surface area contributed by atoms with E-state index in [1.165, 1.54) is 11.3 Å². The van der Waals surface area contributed by atoms with Crippen LogP contribution in [0.15, 0.2) is 35.8 Å². The van der Waals surface area contributed by atoms with Gasteiger partial charge in [0.05, 0.1) is 33.9 Å². The van der Waals surface area contributed by atoms with Crippen LogP contribution in [0, 0.1) is 6.92 Å². The predicted octanol–water partition coefficient (Wildman–Crippen LogP) is 4.38. The van der Waals surface area contributed by atoms with E-state index in [2.05, 4.69) is 25.0 Å². The van der Waals surface area contributed by atoms with E-state index in [1.807, 2.05) is 12.1 Å². The minimum atomic E-state index is -3.39.